The maximum Gasteiger partial charge on any atom is 0.309 e. The summed E-state index contributed by atoms with van der Waals surface area (Å²) < 4.78 is 5.08. The Morgan fingerprint density at radius 1 is 1.33 bits per heavy atom. The largest absolute Gasteiger partial charge is 0.466 e. The van der Waals surface area contributed by atoms with Crippen molar-refractivity contribution in [2.75, 3.05) is 6.61 Å². The van der Waals surface area contributed by atoms with Crippen molar-refractivity contribution in [1.29, 1.82) is 0 Å². The van der Waals surface area contributed by atoms with E-state index in [1.54, 1.807) is 0 Å². The van der Waals surface area contributed by atoms with Gasteiger partial charge in [0.05, 0.1) is 12.5 Å². The Kier molecular flexibility index (Phi) is 4.87. The molecule has 1 N–H and O–H groups in total. The third-order valence-corrected chi connectivity index (χ3v) is 3.33. The highest BCUT2D eigenvalue weighted by Gasteiger charge is 2.35. The van der Waals surface area contributed by atoms with Crippen LogP contribution in [-0.2, 0) is 9.53 Å². The fraction of sp³-hybridized carbons (Fsp3) is 0.909. The van der Waals surface area contributed by atoms with Crippen molar-refractivity contribution in [2.45, 2.75) is 51.1 Å². The second kappa shape index (κ2) is 5.71. The predicted octanol–water partition coefficient (Wildman–Crippen LogP) is 1.89. The molecule has 3 atom stereocenters. The molecule has 0 saturated carbocycles. The summed E-state index contributed by atoms with van der Waals surface area (Å²) in [5.74, 6) is 0.178. The minimum atomic E-state index is 0. The molecular weight excluding hydrogens is 214 g/mol. The highest BCUT2D eigenvalue weighted by molar-refractivity contribution is 5.85. The number of carbonyl (C=O) groups is 1. The zero-order chi connectivity index (χ0) is 9.97. The van der Waals surface area contributed by atoms with Gasteiger partial charge in [-0.25, -0.2) is 0 Å². The van der Waals surface area contributed by atoms with E-state index in [2.05, 4.69) is 5.32 Å². The van der Waals surface area contributed by atoms with Crippen molar-refractivity contribution in [3.05, 3.63) is 0 Å². The predicted molar refractivity (Wildman–Crippen MR) is 61.2 cm³/mol. The summed E-state index contributed by atoms with van der Waals surface area (Å²) in [6.07, 6.45) is 5.74. The fourth-order valence-corrected chi connectivity index (χ4v) is 2.72. The first-order valence-electron chi connectivity index (χ1n) is 5.72. The van der Waals surface area contributed by atoms with Gasteiger partial charge in [0.2, 0.25) is 0 Å². The number of ether oxygens (including phenoxy) is 1. The van der Waals surface area contributed by atoms with Crippen molar-refractivity contribution in [2.24, 2.45) is 5.92 Å². The van der Waals surface area contributed by atoms with Crippen LogP contribution in [0.5, 0.6) is 0 Å². The molecule has 0 amide bonds. The molecule has 2 fully saturated rings. The van der Waals surface area contributed by atoms with E-state index >= 15 is 0 Å². The Labute approximate surface area is 97.4 Å². The third-order valence-electron chi connectivity index (χ3n) is 3.33. The van der Waals surface area contributed by atoms with E-state index in [0.29, 0.717) is 18.7 Å². The first-order chi connectivity index (χ1) is 6.79. The minimum Gasteiger partial charge on any atom is -0.466 e. The summed E-state index contributed by atoms with van der Waals surface area (Å²) in [6.45, 7) is 2.39. The Morgan fingerprint density at radius 2 is 1.93 bits per heavy atom. The summed E-state index contributed by atoms with van der Waals surface area (Å²) >= 11 is 0. The van der Waals surface area contributed by atoms with Gasteiger partial charge < -0.3 is 10.1 Å². The number of carbonyl (C=O) groups excluding carboxylic acids is 1. The lowest BCUT2D eigenvalue weighted by Gasteiger charge is -2.39. The molecule has 1 unspecified atom stereocenters. The molecule has 2 aliphatic heterocycles. The molecule has 2 saturated heterocycles. The number of piperidine rings is 2. The summed E-state index contributed by atoms with van der Waals surface area (Å²) in [4.78, 5) is 11.6. The van der Waals surface area contributed by atoms with Crippen molar-refractivity contribution in [3.8, 4) is 0 Å². The van der Waals surface area contributed by atoms with Crippen LogP contribution in [0.4, 0.5) is 0 Å². The first-order valence-corrected chi connectivity index (χ1v) is 5.72. The molecule has 2 heterocycles. The van der Waals surface area contributed by atoms with Crippen LogP contribution in [0.15, 0.2) is 0 Å². The molecule has 2 rings (SSSR count). The van der Waals surface area contributed by atoms with Gasteiger partial charge in [0.25, 0.3) is 0 Å². The quantitative estimate of drug-likeness (QED) is 0.741. The van der Waals surface area contributed by atoms with Crippen LogP contribution in [0.1, 0.15) is 39.0 Å². The molecule has 0 aliphatic carbocycles. The molecular formula is C11H20ClNO2. The SMILES string of the molecule is CCOC(=O)C1C[C@H]2CCC[C@@H](C1)N2.Cl. The number of hydrogen-bond donors (Lipinski definition) is 1. The maximum absolute atomic E-state index is 11.6. The van der Waals surface area contributed by atoms with Crippen LogP contribution < -0.4 is 5.32 Å². The van der Waals surface area contributed by atoms with Gasteiger partial charge in [0.1, 0.15) is 0 Å². The maximum atomic E-state index is 11.6. The van der Waals surface area contributed by atoms with Crippen molar-refractivity contribution < 1.29 is 9.53 Å². The Bertz CT molecular complexity index is 211. The molecule has 0 aromatic rings. The van der Waals surface area contributed by atoms with Gasteiger partial charge in [0, 0.05) is 12.1 Å². The Balaban J connectivity index is 0.00000112. The highest BCUT2D eigenvalue weighted by Crippen LogP contribution is 2.30. The average Bonchev–Trinajstić information content (AvgIpc) is 2.17. The number of fused-ring (bicyclic) bond motifs is 2. The molecule has 0 radical (unpaired) electrons. The lowest BCUT2D eigenvalue weighted by atomic mass is 9.80. The molecule has 0 spiro atoms. The van der Waals surface area contributed by atoms with Crippen LogP contribution in [0, 0.1) is 5.92 Å². The van der Waals surface area contributed by atoms with E-state index in [1.807, 2.05) is 6.92 Å². The normalized spacial score (nSPS) is 34.1. The number of hydrogen-bond acceptors (Lipinski definition) is 3. The number of esters is 1. The summed E-state index contributed by atoms with van der Waals surface area (Å²) in [7, 11) is 0. The Hall–Kier alpha value is -0.280. The zero-order valence-electron chi connectivity index (χ0n) is 9.20. The highest BCUT2D eigenvalue weighted by atomic mass is 35.5. The summed E-state index contributed by atoms with van der Waals surface area (Å²) in [5, 5.41) is 3.57. The van der Waals surface area contributed by atoms with E-state index in [0.717, 1.165) is 12.8 Å². The summed E-state index contributed by atoms with van der Waals surface area (Å²) in [6, 6.07) is 1.13. The monoisotopic (exact) mass is 233 g/mol. The lowest BCUT2D eigenvalue weighted by Crippen LogP contribution is -2.50. The summed E-state index contributed by atoms with van der Waals surface area (Å²) in [5.41, 5.74) is 0. The van der Waals surface area contributed by atoms with E-state index in [-0.39, 0.29) is 24.3 Å². The Morgan fingerprint density at radius 3 is 2.47 bits per heavy atom. The van der Waals surface area contributed by atoms with Crippen LogP contribution in [0.3, 0.4) is 0 Å². The van der Waals surface area contributed by atoms with Crippen molar-refractivity contribution in [1.82, 2.24) is 5.32 Å². The molecule has 4 heteroatoms. The van der Waals surface area contributed by atoms with Gasteiger partial charge >= 0.3 is 5.97 Å². The van der Waals surface area contributed by atoms with E-state index in [1.165, 1.54) is 19.3 Å². The van der Waals surface area contributed by atoms with Crippen molar-refractivity contribution in [3.63, 3.8) is 0 Å². The molecule has 0 aromatic heterocycles. The minimum absolute atomic E-state index is 0. The van der Waals surface area contributed by atoms with Crippen molar-refractivity contribution >= 4 is 18.4 Å². The van der Waals surface area contributed by atoms with Crippen LogP contribution >= 0.6 is 12.4 Å². The smallest absolute Gasteiger partial charge is 0.309 e. The van der Waals surface area contributed by atoms with E-state index in [4.69, 9.17) is 4.74 Å². The molecule has 2 bridgehead atoms. The lowest BCUT2D eigenvalue weighted by molar-refractivity contribution is -0.150. The average molecular weight is 234 g/mol. The molecule has 88 valence electrons. The van der Waals surface area contributed by atoms with E-state index in [9.17, 15) is 4.79 Å². The van der Waals surface area contributed by atoms with Crippen LogP contribution in [-0.4, -0.2) is 24.7 Å². The second-order valence-electron chi connectivity index (χ2n) is 4.41. The standard InChI is InChI=1S/C11H19NO2.ClH/c1-2-14-11(13)8-6-9-4-3-5-10(7-8)12-9;/h8-10,12H,2-7H2,1H3;1H/t8?,9-,10+;. The van der Waals surface area contributed by atoms with Gasteiger partial charge in [-0.05, 0) is 32.6 Å². The van der Waals surface area contributed by atoms with Gasteiger partial charge in [-0.15, -0.1) is 12.4 Å². The number of nitrogens with one attached hydrogen (secondary N) is 1. The van der Waals surface area contributed by atoms with Gasteiger partial charge in [-0.3, -0.25) is 4.79 Å². The van der Waals surface area contributed by atoms with Gasteiger partial charge in [-0.1, -0.05) is 6.42 Å². The fourth-order valence-electron chi connectivity index (χ4n) is 2.72. The zero-order valence-corrected chi connectivity index (χ0v) is 10.0. The van der Waals surface area contributed by atoms with Crippen LogP contribution in [0.25, 0.3) is 0 Å². The molecule has 2 aliphatic rings. The third kappa shape index (κ3) is 3.08. The molecule has 3 nitrogen and oxygen atoms in total. The first kappa shape index (κ1) is 12.8. The van der Waals surface area contributed by atoms with Crippen LogP contribution in [0.2, 0.25) is 0 Å². The number of rotatable bonds is 2. The van der Waals surface area contributed by atoms with Gasteiger partial charge in [-0.2, -0.15) is 0 Å². The topological polar surface area (TPSA) is 38.3 Å². The second-order valence-corrected chi connectivity index (χ2v) is 4.41. The van der Waals surface area contributed by atoms with Gasteiger partial charge in [0.15, 0.2) is 0 Å². The molecule has 0 aromatic carbocycles. The molecule has 15 heavy (non-hydrogen) atoms. The number of halogens is 1. The van der Waals surface area contributed by atoms with E-state index < -0.39 is 0 Å².